The van der Waals surface area contributed by atoms with Crippen LogP contribution in [0.25, 0.3) is 0 Å². The Hall–Kier alpha value is -1.69. The number of nitrogens with one attached hydrogen (secondary N) is 2. The second kappa shape index (κ2) is 6.80. The Morgan fingerprint density at radius 2 is 2.29 bits per heavy atom. The van der Waals surface area contributed by atoms with Crippen LogP contribution in [-0.4, -0.2) is 29.0 Å². The number of thiocarbonyl (C=S) groups is 1. The molecule has 0 fully saturated rings. The summed E-state index contributed by atoms with van der Waals surface area (Å²) in [6.45, 7) is 3.09. The van der Waals surface area contributed by atoms with E-state index in [1.807, 2.05) is 6.92 Å². The molecular weight excluding hydrogens is 236 g/mol. The van der Waals surface area contributed by atoms with E-state index >= 15 is 0 Å². The first-order valence-electron chi connectivity index (χ1n) is 5.40. The molecule has 6 heteroatoms. The molecule has 0 unspecified atom stereocenters. The third kappa shape index (κ3) is 4.78. The molecule has 1 aromatic heterocycles. The minimum absolute atomic E-state index is 0.0276. The lowest BCUT2D eigenvalue weighted by atomic mass is 10.3. The maximum atomic E-state index is 11.2. The predicted octanol–water partition coefficient (Wildman–Crippen LogP) is 0.654. The Kier molecular flexibility index (Phi) is 5.35. The molecule has 17 heavy (non-hydrogen) atoms. The van der Waals surface area contributed by atoms with Crippen molar-refractivity contribution >= 4 is 28.9 Å². The smallest absolute Gasteiger partial charge is 0.221 e. The highest BCUT2D eigenvalue weighted by Crippen LogP contribution is 2.04. The van der Waals surface area contributed by atoms with Crippen molar-refractivity contribution in [2.24, 2.45) is 5.73 Å². The van der Waals surface area contributed by atoms with Gasteiger partial charge in [0.1, 0.15) is 10.8 Å². The summed E-state index contributed by atoms with van der Waals surface area (Å²) in [5, 5.41) is 5.77. The summed E-state index contributed by atoms with van der Waals surface area (Å²) in [5.41, 5.74) is 6.19. The van der Waals surface area contributed by atoms with E-state index in [9.17, 15) is 4.79 Å². The van der Waals surface area contributed by atoms with Gasteiger partial charge in [-0.15, -0.1) is 0 Å². The lowest BCUT2D eigenvalue weighted by Gasteiger charge is -2.06. The van der Waals surface area contributed by atoms with E-state index < -0.39 is 0 Å². The number of amides is 1. The number of hydrogen-bond acceptors (Lipinski definition) is 4. The molecule has 0 aliphatic heterocycles. The molecule has 1 heterocycles. The molecule has 0 aliphatic rings. The first-order chi connectivity index (χ1) is 8.13. The Labute approximate surface area is 106 Å². The summed E-state index contributed by atoms with van der Waals surface area (Å²) >= 11 is 4.82. The number of rotatable bonds is 6. The van der Waals surface area contributed by atoms with Crippen LogP contribution in [0.1, 0.15) is 18.9 Å². The number of nitrogens with two attached hydrogens (primary N) is 1. The van der Waals surface area contributed by atoms with Gasteiger partial charge < -0.3 is 16.4 Å². The number of hydrogen-bond donors (Lipinski definition) is 3. The van der Waals surface area contributed by atoms with Gasteiger partial charge in [-0.2, -0.15) is 0 Å². The zero-order valence-electron chi connectivity index (χ0n) is 9.69. The fourth-order valence-electron chi connectivity index (χ4n) is 1.23. The number of aromatic nitrogens is 1. The van der Waals surface area contributed by atoms with Crippen LogP contribution < -0.4 is 16.4 Å². The summed E-state index contributed by atoms with van der Waals surface area (Å²) in [7, 11) is 0. The number of carbonyl (C=O) groups is 1. The summed E-state index contributed by atoms with van der Waals surface area (Å²) in [6, 6.07) is 3.58. The molecule has 0 bridgehead atoms. The van der Waals surface area contributed by atoms with Crippen LogP contribution >= 0.6 is 12.2 Å². The second-order valence-corrected chi connectivity index (χ2v) is 3.87. The number of anilines is 1. The summed E-state index contributed by atoms with van der Waals surface area (Å²) in [5.74, 6) is 0.731. The lowest BCUT2D eigenvalue weighted by Crippen LogP contribution is -2.24. The monoisotopic (exact) mass is 252 g/mol. The Balaban J connectivity index is 2.37. The van der Waals surface area contributed by atoms with Gasteiger partial charge >= 0.3 is 0 Å². The molecule has 0 atom stereocenters. The molecule has 92 valence electrons. The van der Waals surface area contributed by atoms with Gasteiger partial charge in [0.05, 0.1) is 0 Å². The Bertz CT molecular complexity index is 391. The highest BCUT2D eigenvalue weighted by Gasteiger charge is 2.00. The van der Waals surface area contributed by atoms with Gasteiger partial charge in [-0.3, -0.25) is 4.79 Å². The Morgan fingerprint density at radius 1 is 1.53 bits per heavy atom. The number of pyridine rings is 1. The van der Waals surface area contributed by atoms with Gasteiger partial charge in [-0.1, -0.05) is 12.2 Å². The van der Waals surface area contributed by atoms with Gasteiger partial charge in [0, 0.05) is 31.3 Å². The molecule has 5 nitrogen and oxygen atoms in total. The minimum atomic E-state index is 0.0276. The van der Waals surface area contributed by atoms with Gasteiger partial charge in [-0.05, 0) is 19.1 Å². The van der Waals surface area contributed by atoms with E-state index in [0.717, 1.165) is 5.56 Å². The van der Waals surface area contributed by atoms with Crippen LogP contribution in [0.5, 0.6) is 0 Å². The fraction of sp³-hybridized carbons (Fsp3) is 0.364. The summed E-state index contributed by atoms with van der Waals surface area (Å²) in [6.07, 6.45) is 2.03. The van der Waals surface area contributed by atoms with E-state index in [4.69, 9.17) is 18.0 Å². The van der Waals surface area contributed by atoms with Crippen LogP contribution in [0.15, 0.2) is 18.3 Å². The average Bonchev–Trinajstić information content (AvgIpc) is 2.30. The van der Waals surface area contributed by atoms with Crippen molar-refractivity contribution in [2.45, 2.75) is 13.3 Å². The predicted molar refractivity (Wildman–Crippen MR) is 71.9 cm³/mol. The molecule has 1 rings (SSSR count). The highest BCUT2D eigenvalue weighted by molar-refractivity contribution is 7.80. The molecule has 0 saturated heterocycles. The fourth-order valence-corrected chi connectivity index (χ4v) is 1.35. The maximum Gasteiger partial charge on any atom is 0.221 e. The standard InChI is InChI=1S/C11H16N4OS/c1-2-13-10(16)5-6-14-9-4-3-8(7-15-9)11(12)17/h3-4,7H,2,5-6H2,1H3,(H2,12,17)(H,13,16)(H,14,15). The molecule has 0 spiro atoms. The van der Waals surface area contributed by atoms with Crippen LogP contribution in [0, 0.1) is 0 Å². The van der Waals surface area contributed by atoms with Crippen molar-refractivity contribution in [1.82, 2.24) is 10.3 Å². The van der Waals surface area contributed by atoms with Gasteiger partial charge in [-0.25, -0.2) is 4.98 Å². The first-order valence-corrected chi connectivity index (χ1v) is 5.80. The second-order valence-electron chi connectivity index (χ2n) is 3.43. The van der Waals surface area contributed by atoms with E-state index in [1.165, 1.54) is 0 Å². The average molecular weight is 252 g/mol. The quantitative estimate of drug-likeness (QED) is 0.648. The third-order valence-corrected chi connectivity index (χ3v) is 2.32. The van der Waals surface area contributed by atoms with Crippen LogP contribution in [0.2, 0.25) is 0 Å². The zero-order chi connectivity index (χ0) is 12.7. The lowest BCUT2D eigenvalue weighted by molar-refractivity contribution is -0.120. The van der Waals surface area contributed by atoms with E-state index in [0.29, 0.717) is 30.3 Å². The highest BCUT2D eigenvalue weighted by atomic mass is 32.1. The van der Waals surface area contributed by atoms with Gasteiger partial charge in [0.15, 0.2) is 0 Å². The molecule has 1 amide bonds. The van der Waals surface area contributed by atoms with Crippen LogP contribution in [-0.2, 0) is 4.79 Å². The number of carbonyl (C=O) groups excluding carboxylic acids is 1. The maximum absolute atomic E-state index is 11.2. The first kappa shape index (κ1) is 13.4. The summed E-state index contributed by atoms with van der Waals surface area (Å²) < 4.78 is 0. The van der Waals surface area contributed by atoms with E-state index in [1.54, 1.807) is 18.3 Å². The zero-order valence-corrected chi connectivity index (χ0v) is 10.5. The molecule has 1 aromatic rings. The third-order valence-electron chi connectivity index (χ3n) is 2.08. The SMILES string of the molecule is CCNC(=O)CCNc1ccc(C(N)=S)cn1. The van der Waals surface area contributed by atoms with Crippen molar-refractivity contribution in [1.29, 1.82) is 0 Å². The molecular formula is C11H16N4OS. The van der Waals surface area contributed by atoms with Gasteiger partial charge in [0.25, 0.3) is 0 Å². The molecule has 4 N–H and O–H groups in total. The van der Waals surface area contributed by atoms with Crippen molar-refractivity contribution in [2.75, 3.05) is 18.4 Å². The van der Waals surface area contributed by atoms with Crippen molar-refractivity contribution in [3.8, 4) is 0 Å². The van der Waals surface area contributed by atoms with Crippen molar-refractivity contribution in [3.63, 3.8) is 0 Å². The normalized spacial score (nSPS) is 9.71. The van der Waals surface area contributed by atoms with Crippen LogP contribution in [0.3, 0.4) is 0 Å². The molecule has 0 saturated carbocycles. The van der Waals surface area contributed by atoms with Crippen molar-refractivity contribution in [3.05, 3.63) is 23.9 Å². The summed E-state index contributed by atoms with van der Waals surface area (Å²) in [4.78, 5) is 15.6. The van der Waals surface area contributed by atoms with Gasteiger partial charge in [0.2, 0.25) is 5.91 Å². The van der Waals surface area contributed by atoms with Crippen LogP contribution in [0.4, 0.5) is 5.82 Å². The number of nitrogens with zero attached hydrogens (tertiary/aromatic N) is 1. The molecule has 0 aliphatic carbocycles. The van der Waals surface area contributed by atoms with Crippen molar-refractivity contribution < 1.29 is 4.79 Å². The molecule has 0 aromatic carbocycles. The minimum Gasteiger partial charge on any atom is -0.389 e. The largest absolute Gasteiger partial charge is 0.389 e. The van der Waals surface area contributed by atoms with E-state index in [-0.39, 0.29) is 5.91 Å². The van der Waals surface area contributed by atoms with E-state index in [2.05, 4.69) is 15.6 Å². The Morgan fingerprint density at radius 3 is 2.82 bits per heavy atom. The topological polar surface area (TPSA) is 80.0 Å². The molecule has 0 radical (unpaired) electrons.